The van der Waals surface area contributed by atoms with Crippen LogP contribution in [0, 0.1) is 6.92 Å². The zero-order valence-corrected chi connectivity index (χ0v) is 22.2. The number of benzene rings is 2. The number of fused-ring (bicyclic) bond motifs is 1. The number of aliphatic hydroxyl groups is 4. The Hall–Kier alpha value is -3.74. The average Bonchev–Trinajstić information content (AvgIpc) is 2.90. The van der Waals surface area contributed by atoms with Gasteiger partial charge in [0.15, 0.2) is 11.5 Å². The van der Waals surface area contributed by atoms with Crippen LogP contribution in [0.4, 0.5) is 0 Å². The molecule has 2 aromatic carbocycles. The van der Waals surface area contributed by atoms with Crippen molar-refractivity contribution in [3.05, 3.63) is 75.1 Å². The van der Waals surface area contributed by atoms with Gasteiger partial charge in [0.05, 0.1) is 25.2 Å². The lowest BCUT2D eigenvalue weighted by atomic mass is 9.87. The number of hydrogen-bond acceptors (Lipinski definition) is 11. The normalized spacial score (nSPS) is 23.8. The molecular weight excluding hydrogens is 524 g/mol. The summed E-state index contributed by atoms with van der Waals surface area (Å²) in [5, 5.41) is 50.7. The molecule has 6 atom stereocenters. The number of aliphatic hydroxyl groups excluding tert-OH is 4. The van der Waals surface area contributed by atoms with E-state index in [4.69, 9.17) is 18.6 Å². The van der Waals surface area contributed by atoms with Gasteiger partial charge in [0.25, 0.3) is 0 Å². The van der Waals surface area contributed by atoms with Crippen LogP contribution in [0.1, 0.15) is 35.5 Å². The minimum atomic E-state index is -1.66. The lowest BCUT2D eigenvalue weighted by molar-refractivity contribution is -0.239. The number of carbonyl (C=O) groups is 1. The molecule has 3 aromatic rings. The molecule has 1 fully saturated rings. The number of aryl methyl sites for hydroxylation is 1. The Labute approximate surface area is 229 Å². The number of hydrogen-bond donors (Lipinski definition) is 5. The second kappa shape index (κ2) is 12.2. The number of esters is 1. The van der Waals surface area contributed by atoms with Crippen LogP contribution in [-0.4, -0.2) is 75.7 Å². The van der Waals surface area contributed by atoms with Crippen LogP contribution >= 0.6 is 0 Å². The van der Waals surface area contributed by atoms with E-state index in [1.165, 1.54) is 37.5 Å². The Balaban J connectivity index is 1.77. The Morgan fingerprint density at radius 2 is 1.85 bits per heavy atom. The van der Waals surface area contributed by atoms with Gasteiger partial charge in [0, 0.05) is 30.2 Å². The van der Waals surface area contributed by atoms with Crippen molar-refractivity contribution < 1.29 is 49.0 Å². The number of ether oxygens (including phenoxy) is 3. The standard InChI is InChI=1S/C29H32O11/c1-14(31)10-18-11-19(33)24-15(2)25(20(37-3)12-21(24)38-18)28-29(27(36)26(35)22(13-30)39-28)40-23(34)9-6-16-4-7-17(32)8-5-16/h4-9,11-12,14,22,26-32,35-36H,10,13H2,1-3H3/b9-6+. The molecule has 2 heterocycles. The summed E-state index contributed by atoms with van der Waals surface area (Å²) in [6.07, 6.45) is -5.24. The summed E-state index contributed by atoms with van der Waals surface area (Å²) in [6, 6.07) is 8.80. The second-order valence-electron chi connectivity index (χ2n) is 9.71. The summed E-state index contributed by atoms with van der Waals surface area (Å²) < 4.78 is 22.9. The fourth-order valence-electron chi connectivity index (χ4n) is 4.84. The maximum atomic E-state index is 13.1. The van der Waals surface area contributed by atoms with E-state index in [0.29, 0.717) is 11.1 Å². The van der Waals surface area contributed by atoms with Gasteiger partial charge in [-0.3, -0.25) is 4.79 Å². The molecule has 0 amide bonds. The van der Waals surface area contributed by atoms with Gasteiger partial charge < -0.3 is 44.2 Å². The van der Waals surface area contributed by atoms with Crippen LogP contribution < -0.4 is 10.2 Å². The molecule has 0 saturated carbocycles. The lowest BCUT2D eigenvalue weighted by Crippen LogP contribution is -2.56. The average molecular weight is 557 g/mol. The Morgan fingerprint density at radius 1 is 1.15 bits per heavy atom. The number of carbonyl (C=O) groups excluding carboxylic acids is 1. The highest BCUT2D eigenvalue weighted by Gasteiger charge is 2.48. The van der Waals surface area contributed by atoms with E-state index >= 15 is 0 Å². The largest absolute Gasteiger partial charge is 0.508 e. The molecule has 0 radical (unpaired) electrons. The van der Waals surface area contributed by atoms with E-state index in [-0.39, 0.29) is 40.2 Å². The van der Waals surface area contributed by atoms with E-state index in [2.05, 4.69) is 0 Å². The predicted molar refractivity (Wildman–Crippen MR) is 143 cm³/mol. The van der Waals surface area contributed by atoms with E-state index in [9.17, 15) is 35.1 Å². The smallest absolute Gasteiger partial charge is 0.331 e. The molecule has 40 heavy (non-hydrogen) atoms. The van der Waals surface area contributed by atoms with Crippen LogP contribution in [-0.2, 0) is 20.7 Å². The van der Waals surface area contributed by atoms with Gasteiger partial charge >= 0.3 is 5.97 Å². The Bertz CT molecular complexity index is 1440. The second-order valence-corrected chi connectivity index (χ2v) is 9.71. The number of phenolic OH excluding ortho intramolecular Hbond substituents is 1. The zero-order valence-electron chi connectivity index (χ0n) is 22.2. The highest BCUT2D eigenvalue weighted by atomic mass is 16.6. The van der Waals surface area contributed by atoms with Gasteiger partial charge in [-0.1, -0.05) is 12.1 Å². The third-order valence-corrected chi connectivity index (χ3v) is 6.76. The van der Waals surface area contributed by atoms with Crippen LogP contribution in [0.2, 0.25) is 0 Å². The fraction of sp³-hybridized carbons (Fsp3) is 0.379. The molecule has 11 nitrogen and oxygen atoms in total. The number of phenols is 1. The summed E-state index contributed by atoms with van der Waals surface area (Å²) in [7, 11) is 1.38. The molecular formula is C29H32O11. The van der Waals surface area contributed by atoms with Gasteiger partial charge in [-0.2, -0.15) is 0 Å². The van der Waals surface area contributed by atoms with Crippen molar-refractivity contribution in [3.63, 3.8) is 0 Å². The van der Waals surface area contributed by atoms with Crippen molar-refractivity contribution in [2.24, 2.45) is 0 Å². The molecule has 214 valence electrons. The third kappa shape index (κ3) is 6.03. The summed E-state index contributed by atoms with van der Waals surface area (Å²) in [5.74, 6) is -0.333. The van der Waals surface area contributed by atoms with E-state index < -0.39 is 54.6 Å². The molecule has 1 aromatic heterocycles. The van der Waals surface area contributed by atoms with Gasteiger partial charge in [0.2, 0.25) is 0 Å². The first-order chi connectivity index (χ1) is 19.0. The summed E-state index contributed by atoms with van der Waals surface area (Å²) >= 11 is 0. The van der Waals surface area contributed by atoms with Crippen molar-refractivity contribution in [2.75, 3.05) is 13.7 Å². The molecule has 0 spiro atoms. The van der Waals surface area contributed by atoms with Crippen LogP contribution in [0.15, 0.2) is 51.7 Å². The highest BCUT2D eigenvalue weighted by molar-refractivity contribution is 5.87. The summed E-state index contributed by atoms with van der Waals surface area (Å²) in [4.78, 5) is 25.9. The van der Waals surface area contributed by atoms with Gasteiger partial charge in [0.1, 0.15) is 47.3 Å². The SMILES string of the molecule is COc1cc2oc(CC(C)O)cc(=O)c2c(C)c1C1OC(CO)C(O)C(O)C1OC(=O)/C=C/c1ccc(O)cc1. The molecule has 1 saturated heterocycles. The van der Waals surface area contributed by atoms with Crippen molar-refractivity contribution in [3.8, 4) is 11.5 Å². The maximum absolute atomic E-state index is 13.1. The fourth-order valence-corrected chi connectivity index (χ4v) is 4.84. The molecule has 5 N–H and O–H groups in total. The maximum Gasteiger partial charge on any atom is 0.331 e. The molecule has 1 aliphatic rings. The van der Waals surface area contributed by atoms with E-state index in [0.717, 1.165) is 6.08 Å². The van der Waals surface area contributed by atoms with E-state index in [1.807, 2.05) is 0 Å². The summed E-state index contributed by atoms with van der Waals surface area (Å²) in [6.45, 7) is 2.54. The first-order valence-corrected chi connectivity index (χ1v) is 12.7. The van der Waals surface area contributed by atoms with Gasteiger partial charge in [-0.15, -0.1) is 0 Å². The zero-order chi connectivity index (χ0) is 29.1. The monoisotopic (exact) mass is 556 g/mol. The molecule has 11 heteroatoms. The van der Waals surface area contributed by atoms with Crippen LogP contribution in [0.3, 0.4) is 0 Å². The molecule has 6 unspecified atom stereocenters. The molecule has 4 rings (SSSR count). The Kier molecular flexibility index (Phi) is 8.92. The van der Waals surface area contributed by atoms with Crippen molar-refractivity contribution >= 4 is 23.0 Å². The number of rotatable bonds is 8. The predicted octanol–water partition coefficient (Wildman–Crippen LogP) is 1.52. The minimum Gasteiger partial charge on any atom is -0.508 e. The third-order valence-electron chi connectivity index (χ3n) is 6.76. The Morgan fingerprint density at radius 3 is 2.48 bits per heavy atom. The molecule has 1 aliphatic heterocycles. The lowest BCUT2D eigenvalue weighted by Gasteiger charge is -2.42. The van der Waals surface area contributed by atoms with Crippen LogP contribution in [0.25, 0.3) is 17.0 Å². The van der Waals surface area contributed by atoms with Gasteiger partial charge in [-0.25, -0.2) is 4.79 Å². The van der Waals surface area contributed by atoms with Crippen LogP contribution in [0.5, 0.6) is 11.5 Å². The van der Waals surface area contributed by atoms with Gasteiger partial charge in [-0.05, 0) is 43.2 Å². The van der Waals surface area contributed by atoms with Crippen molar-refractivity contribution in [2.45, 2.75) is 56.9 Å². The first-order valence-electron chi connectivity index (χ1n) is 12.7. The van der Waals surface area contributed by atoms with E-state index in [1.54, 1.807) is 26.0 Å². The minimum absolute atomic E-state index is 0.0605. The highest BCUT2D eigenvalue weighted by Crippen LogP contribution is 2.42. The quantitative estimate of drug-likeness (QED) is 0.201. The van der Waals surface area contributed by atoms with Crippen molar-refractivity contribution in [1.82, 2.24) is 0 Å². The number of aromatic hydroxyl groups is 1. The number of methoxy groups -OCH3 is 1. The molecule has 0 bridgehead atoms. The van der Waals surface area contributed by atoms with Crippen molar-refractivity contribution in [1.29, 1.82) is 0 Å². The summed E-state index contributed by atoms with van der Waals surface area (Å²) in [5.41, 5.74) is 1.02. The first kappa shape index (κ1) is 29.2. The molecule has 0 aliphatic carbocycles. The topological polar surface area (TPSA) is 176 Å².